The molecule has 0 spiro atoms. The van der Waals surface area contributed by atoms with Crippen LogP contribution in [0.1, 0.15) is 21.5 Å². The average Bonchev–Trinajstić information content (AvgIpc) is 3.30. The average molecular weight is 395 g/mol. The van der Waals surface area contributed by atoms with Crippen molar-refractivity contribution in [3.63, 3.8) is 0 Å². The molecule has 0 saturated heterocycles. The van der Waals surface area contributed by atoms with Gasteiger partial charge in [-0.2, -0.15) is 5.10 Å². The molecule has 0 fully saturated rings. The lowest BCUT2D eigenvalue weighted by Gasteiger charge is -2.28. The van der Waals surface area contributed by atoms with E-state index in [1.807, 2.05) is 40.6 Å². The third-order valence-corrected chi connectivity index (χ3v) is 5.64. The van der Waals surface area contributed by atoms with Gasteiger partial charge in [0.25, 0.3) is 5.91 Å². The first-order valence-electron chi connectivity index (χ1n) is 9.01. The summed E-state index contributed by atoms with van der Waals surface area (Å²) in [6.07, 6.45) is 2.60. The zero-order valence-corrected chi connectivity index (χ0v) is 16.3. The van der Waals surface area contributed by atoms with Gasteiger partial charge in [0, 0.05) is 32.0 Å². The summed E-state index contributed by atoms with van der Waals surface area (Å²) < 4.78 is 1.65. The number of thiophene rings is 1. The Labute approximate surface area is 166 Å². The van der Waals surface area contributed by atoms with Crippen molar-refractivity contribution in [2.45, 2.75) is 13.0 Å². The summed E-state index contributed by atoms with van der Waals surface area (Å²) in [5.41, 5.74) is 9.61. The highest BCUT2D eigenvalue weighted by molar-refractivity contribution is 7.13. The van der Waals surface area contributed by atoms with E-state index < -0.39 is 0 Å². The third kappa shape index (κ3) is 3.83. The number of nitrogens with one attached hydrogen (secondary N) is 1. The van der Waals surface area contributed by atoms with E-state index in [2.05, 4.69) is 10.4 Å². The van der Waals surface area contributed by atoms with Crippen molar-refractivity contribution in [1.82, 2.24) is 14.7 Å². The largest absolute Gasteiger partial charge is 0.369 e. The molecule has 0 aliphatic carbocycles. The number of hydrogen-bond acceptors (Lipinski definition) is 5. The number of aryl methyl sites for hydroxylation is 1. The highest BCUT2D eigenvalue weighted by Crippen LogP contribution is 2.28. The molecule has 0 radical (unpaired) electrons. The van der Waals surface area contributed by atoms with E-state index in [1.165, 1.54) is 5.56 Å². The molecule has 3 aromatic rings. The van der Waals surface area contributed by atoms with Crippen LogP contribution in [-0.4, -0.2) is 39.6 Å². The second kappa shape index (κ2) is 7.57. The van der Waals surface area contributed by atoms with E-state index in [-0.39, 0.29) is 18.4 Å². The molecule has 0 saturated carbocycles. The van der Waals surface area contributed by atoms with Gasteiger partial charge in [-0.1, -0.05) is 12.1 Å². The summed E-state index contributed by atoms with van der Waals surface area (Å²) in [7, 11) is 1.81. The maximum absolute atomic E-state index is 12.9. The van der Waals surface area contributed by atoms with Crippen LogP contribution >= 0.6 is 11.3 Å². The van der Waals surface area contributed by atoms with Crippen molar-refractivity contribution in [1.29, 1.82) is 0 Å². The monoisotopic (exact) mass is 395 g/mol. The Bertz CT molecular complexity index is 1030. The fourth-order valence-corrected chi connectivity index (χ4v) is 4.22. The standard InChI is InChI=1S/C20H21N5O2S/c1-24-11-16(19(23-24)17-3-2-8-28-17)20(27)22-15-5-4-13-6-7-25(12-18(21)26)10-14(13)9-15/h2-5,8-9,11H,6-7,10,12H2,1H3,(H2,21,26)(H,22,27). The van der Waals surface area contributed by atoms with Gasteiger partial charge in [-0.05, 0) is 41.1 Å². The molecule has 1 aromatic carbocycles. The van der Waals surface area contributed by atoms with Crippen molar-refractivity contribution < 1.29 is 9.59 Å². The maximum atomic E-state index is 12.9. The van der Waals surface area contributed by atoms with E-state index in [1.54, 1.807) is 29.3 Å². The predicted molar refractivity (Wildman–Crippen MR) is 109 cm³/mol. The van der Waals surface area contributed by atoms with Gasteiger partial charge >= 0.3 is 0 Å². The molecule has 0 atom stereocenters. The number of primary amides is 1. The Morgan fingerprint density at radius 2 is 2.14 bits per heavy atom. The summed E-state index contributed by atoms with van der Waals surface area (Å²) in [6.45, 7) is 1.70. The van der Waals surface area contributed by atoms with Crippen LogP contribution in [0.4, 0.5) is 5.69 Å². The number of anilines is 1. The third-order valence-electron chi connectivity index (χ3n) is 4.76. The highest BCUT2D eigenvalue weighted by atomic mass is 32.1. The van der Waals surface area contributed by atoms with Crippen LogP contribution in [0.5, 0.6) is 0 Å². The normalized spacial score (nSPS) is 13.9. The highest BCUT2D eigenvalue weighted by Gasteiger charge is 2.20. The second-order valence-electron chi connectivity index (χ2n) is 6.91. The zero-order valence-electron chi connectivity index (χ0n) is 15.5. The summed E-state index contributed by atoms with van der Waals surface area (Å²) in [5, 5.41) is 9.39. The minimum Gasteiger partial charge on any atom is -0.369 e. The van der Waals surface area contributed by atoms with Gasteiger partial charge in [-0.15, -0.1) is 11.3 Å². The lowest BCUT2D eigenvalue weighted by Crippen LogP contribution is -2.37. The van der Waals surface area contributed by atoms with Crippen molar-refractivity contribution >= 4 is 28.8 Å². The van der Waals surface area contributed by atoms with Crippen LogP contribution in [0.2, 0.25) is 0 Å². The lowest BCUT2D eigenvalue weighted by molar-refractivity contribution is -0.119. The van der Waals surface area contributed by atoms with Crippen LogP contribution < -0.4 is 11.1 Å². The molecule has 1 aliphatic heterocycles. The first-order valence-corrected chi connectivity index (χ1v) is 9.89. The van der Waals surface area contributed by atoms with Gasteiger partial charge in [-0.3, -0.25) is 19.2 Å². The van der Waals surface area contributed by atoms with Crippen molar-refractivity contribution in [2.75, 3.05) is 18.4 Å². The van der Waals surface area contributed by atoms with Crippen molar-refractivity contribution in [2.24, 2.45) is 12.8 Å². The number of nitrogens with two attached hydrogens (primary N) is 1. The predicted octanol–water partition coefficient (Wildman–Crippen LogP) is 2.24. The SMILES string of the molecule is Cn1cc(C(=O)Nc2ccc3c(c2)CN(CC(N)=O)CC3)c(-c2cccs2)n1. The van der Waals surface area contributed by atoms with E-state index >= 15 is 0 Å². The Morgan fingerprint density at radius 1 is 1.29 bits per heavy atom. The number of benzene rings is 1. The first kappa shape index (κ1) is 18.4. The molecule has 1 aliphatic rings. The van der Waals surface area contributed by atoms with Crippen LogP contribution in [0.25, 0.3) is 10.6 Å². The van der Waals surface area contributed by atoms with Gasteiger partial charge in [0.15, 0.2) is 0 Å². The molecule has 0 bridgehead atoms. The summed E-state index contributed by atoms with van der Waals surface area (Å²) >= 11 is 1.55. The fraction of sp³-hybridized carbons (Fsp3) is 0.250. The first-order chi connectivity index (χ1) is 13.5. The molecular formula is C20H21N5O2S. The number of hydrogen-bond donors (Lipinski definition) is 2. The number of rotatable bonds is 5. The van der Waals surface area contributed by atoms with Gasteiger partial charge in [0.1, 0.15) is 5.69 Å². The van der Waals surface area contributed by atoms with E-state index in [0.717, 1.165) is 29.1 Å². The van der Waals surface area contributed by atoms with Gasteiger partial charge in [0.05, 0.1) is 17.0 Å². The molecule has 7 nitrogen and oxygen atoms in total. The number of fused-ring (bicyclic) bond motifs is 1. The molecule has 4 rings (SSSR count). The summed E-state index contributed by atoms with van der Waals surface area (Å²) in [4.78, 5) is 27.1. The fourth-order valence-electron chi connectivity index (χ4n) is 3.50. The molecule has 8 heteroatoms. The van der Waals surface area contributed by atoms with Gasteiger partial charge < -0.3 is 11.1 Å². The molecule has 0 unspecified atom stereocenters. The number of carbonyl (C=O) groups is 2. The van der Waals surface area contributed by atoms with Gasteiger partial charge in [0.2, 0.25) is 5.91 Å². The van der Waals surface area contributed by atoms with E-state index in [0.29, 0.717) is 17.8 Å². The summed E-state index contributed by atoms with van der Waals surface area (Å²) in [5.74, 6) is -0.521. The summed E-state index contributed by atoms with van der Waals surface area (Å²) in [6, 6.07) is 9.83. The van der Waals surface area contributed by atoms with E-state index in [4.69, 9.17) is 5.73 Å². The molecule has 2 amide bonds. The topological polar surface area (TPSA) is 93.3 Å². The molecule has 144 valence electrons. The minimum absolute atomic E-state index is 0.193. The number of aromatic nitrogens is 2. The number of nitrogens with zero attached hydrogens (tertiary/aromatic N) is 3. The molecule has 2 aromatic heterocycles. The van der Waals surface area contributed by atoms with Crippen LogP contribution in [-0.2, 0) is 24.8 Å². The molecule has 3 N–H and O–H groups in total. The van der Waals surface area contributed by atoms with E-state index in [9.17, 15) is 9.59 Å². The number of amides is 2. The van der Waals surface area contributed by atoms with Gasteiger partial charge in [-0.25, -0.2) is 0 Å². The molecular weight excluding hydrogens is 374 g/mol. The Hall–Kier alpha value is -2.97. The zero-order chi connectivity index (χ0) is 19.7. The second-order valence-corrected chi connectivity index (χ2v) is 7.85. The quantitative estimate of drug-likeness (QED) is 0.693. The van der Waals surface area contributed by atoms with Crippen LogP contribution in [0, 0.1) is 0 Å². The Kier molecular flexibility index (Phi) is 4.97. The van der Waals surface area contributed by atoms with Crippen LogP contribution in [0.3, 0.4) is 0 Å². The van der Waals surface area contributed by atoms with Crippen LogP contribution in [0.15, 0.2) is 41.9 Å². The smallest absolute Gasteiger partial charge is 0.259 e. The molecule has 28 heavy (non-hydrogen) atoms. The lowest BCUT2D eigenvalue weighted by atomic mass is 9.99. The van der Waals surface area contributed by atoms with Crippen molar-refractivity contribution in [3.05, 3.63) is 58.6 Å². The maximum Gasteiger partial charge on any atom is 0.259 e. The Balaban J connectivity index is 1.54. The molecule has 3 heterocycles. The van der Waals surface area contributed by atoms with Crippen molar-refractivity contribution in [3.8, 4) is 10.6 Å². The number of carbonyl (C=O) groups excluding carboxylic acids is 2. The minimum atomic E-state index is -0.328. The Morgan fingerprint density at radius 3 is 2.89 bits per heavy atom.